The number of hydrogen-bond donors (Lipinski definition) is 1. The largest absolute Gasteiger partial charge is 0.395 e. The predicted octanol–water partition coefficient (Wildman–Crippen LogP) is 0.991. The Morgan fingerprint density at radius 3 is 2.77 bits per heavy atom. The van der Waals surface area contributed by atoms with Gasteiger partial charge in [0.2, 0.25) is 0 Å². The highest BCUT2D eigenvalue weighted by atomic mass is 16.3. The zero-order valence-corrected chi connectivity index (χ0v) is 8.40. The molecule has 1 aliphatic heterocycles. The van der Waals surface area contributed by atoms with Crippen molar-refractivity contribution >= 4 is 0 Å². The lowest BCUT2D eigenvalue weighted by Gasteiger charge is -2.26. The number of likely N-dealkylation sites (tertiary alicyclic amines) is 1. The summed E-state index contributed by atoms with van der Waals surface area (Å²) in [6.07, 6.45) is 1.62. The molecule has 1 saturated heterocycles. The second kappa shape index (κ2) is 4.59. The van der Waals surface area contributed by atoms with Gasteiger partial charge in [-0.25, -0.2) is 0 Å². The molecule has 1 aliphatic rings. The van der Waals surface area contributed by atoms with Crippen LogP contribution >= 0.6 is 0 Å². The van der Waals surface area contributed by atoms with Crippen LogP contribution in [-0.2, 0) is 0 Å². The van der Waals surface area contributed by atoms with Crippen LogP contribution < -0.4 is 0 Å². The summed E-state index contributed by atoms with van der Waals surface area (Å²) >= 11 is 0. The number of nitriles is 1. The van der Waals surface area contributed by atoms with Gasteiger partial charge in [0.15, 0.2) is 0 Å². The van der Waals surface area contributed by atoms with Crippen molar-refractivity contribution in [2.75, 3.05) is 13.2 Å². The predicted molar refractivity (Wildman–Crippen MR) is 51.1 cm³/mol. The molecule has 0 radical (unpaired) electrons. The zero-order chi connectivity index (χ0) is 9.84. The Hall–Kier alpha value is -0.590. The van der Waals surface area contributed by atoms with Gasteiger partial charge in [-0.15, -0.1) is 0 Å². The molecule has 0 aliphatic carbocycles. The monoisotopic (exact) mass is 182 g/mol. The van der Waals surface area contributed by atoms with E-state index >= 15 is 0 Å². The van der Waals surface area contributed by atoms with Gasteiger partial charge in [-0.2, -0.15) is 5.26 Å². The molecular formula is C10H18N2O. The van der Waals surface area contributed by atoms with Gasteiger partial charge in [0, 0.05) is 25.0 Å². The fraction of sp³-hybridized carbons (Fsp3) is 0.900. The highest BCUT2D eigenvalue weighted by Crippen LogP contribution is 2.28. The first-order chi connectivity index (χ1) is 6.20. The molecule has 0 aromatic carbocycles. The molecule has 1 heterocycles. The molecule has 0 saturated carbocycles. The summed E-state index contributed by atoms with van der Waals surface area (Å²) < 4.78 is 0. The quantitative estimate of drug-likeness (QED) is 0.708. The summed E-state index contributed by atoms with van der Waals surface area (Å²) in [6.45, 7) is 5.41. The van der Waals surface area contributed by atoms with Gasteiger partial charge in [-0.1, -0.05) is 6.92 Å². The third kappa shape index (κ3) is 2.20. The van der Waals surface area contributed by atoms with Crippen LogP contribution in [0.15, 0.2) is 0 Å². The molecule has 0 spiro atoms. The van der Waals surface area contributed by atoms with Crippen LogP contribution in [0.1, 0.15) is 26.7 Å². The number of rotatable bonds is 3. The topological polar surface area (TPSA) is 47.3 Å². The van der Waals surface area contributed by atoms with Crippen LogP contribution in [0.25, 0.3) is 0 Å². The molecule has 13 heavy (non-hydrogen) atoms. The van der Waals surface area contributed by atoms with E-state index in [1.807, 2.05) is 0 Å². The molecule has 3 atom stereocenters. The standard InChI is InChI=1S/C10H18N2O/c1-8-6-10(7-13)12(9(8)2)5-3-4-11/h8-10,13H,3,5-7H2,1-2H3. The lowest BCUT2D eigenvalue weighted by molar-refractivity contribution is 0.134. The molecule has 1 rings (SSSR count). The summed E-state index contributed by atoms with van der Waals surface area (Å²) in [7, 11) is 0. The number of aliphatic hydroxyl groups excluding tert-OH is 1. The van der Waals surface area contributed by atoms with Crippen LogP contribution in [0.5, 0.6) is 0 Å². The molecule has 0 bridgehead atoms. The third-order valence-electron chi connectivity index (χ3n) is 3.15. The van der Waals surface area contributed by atoms with Crippen molar-refractivity contribution in [2.24, 2.45) is 5.92 Å². The van der Waals surface area contributed by atoms with E-state index in [1.54, 1.807) is 0 Å². The van der Waals surface area contributed by atoms with E-state index in [0.717, 1.165) is 13.0 Å². The first-order valence-electron chi connectivity index (χ1n) is 4.94. The number of nitrogens with zero attached hydrogens (tertiary/aromatic N) is 2. The van der Waals surface area contributed by atoms with Gasteiger partial charge in [0.25, 0.3) is 0 Å². The van der Waals surface area contributed by atoms with Gasteiger partial charge in [-0.05, 0) is 19.3 Å². The Labute approximate surface area is 80.0 Å². The van der Waals surface area contributed by atoms with Crippen molar-refractivity contribution in [1.82, 2.24) is 4.90 Å². The van der Waals surface area contributed by atoms with Crippen molar-refractivity contribution in [3.05, 3.63) is 0 Å². The van der Waals surface area contributed by atoms with Gasteiger partial charge < -0.3 is 5.11 Å². The molecule has 3 unspecified atom stereocenters. The summed E-state index contributed by atoms with van der Waals surface area (Å²) in [5.41, 5.74) is 0. The number of aliphatic hydroxyl groups is 1. The lowest BCUT2D eigenvalue weighted by Crippen LogP contribution is -2.38. The molecule has 0 aromatic heterocycles. The van der Waals surface area contributed by atoms with Crippen molar-refractivity contribution in [2.45, 2.75) is 38.8 Å². The van der Waals surface area contributed by atoms with E-state index in [0.29, 0.717) is 18.4 Å². The SMILES string of the molecule is CC1CC(CO)N(CCC#N)C1C. The van der Waals surface area contributed by atoms with Gasteiger partial charge in [0.1, 0.15) is 0 Å². The Morgan fingerprint density at radius 1 is 1.54 bits per heavy atom. The van der Waals surface area contributed by atoms with Crippen LogP contribution in [-0.4, -0.2) is 35.2 Å². The Balaban J connectivity index is 2.53. The normalized spacial score (nSPS) is 34.8. The van der Waals surface area contributed by atoms with E-state index in [1.165, 1.54) is 0 Å². The second-order valence-electron chi connectivity index (χ2n) is 3.94. The maximum absolute atomic E-state index is 9.15. The zero-order valence-electron chi connectivity index (χ0n) is 8.40. The van der Waals surface area contributed by atoms with E-state index < -0.39 is 0 Å². The average molecular weight is 182 g/mol. The molecule has 74 valence electrons. The minimum atomic E-state index is 0.222. The average Bonchev–Trinajstić information content (AvgIpc) is 2.40. The first-order valence-corrected chi connectivity index (χ1v) is 4.94. The second-order valence-corrected chi connectivity index (χ2v) is 3.94. The molecule has 1 fully saturated rings. The molecule has 0 aromatic rings. The van der Waals surface area contributed by atoms with Crippen LogP contribution in [0.4, 0.5) is 0 Å². The fourth-order valence-electron chi connectivity index (χ4n) is 2.17. The Kier molecular flexibility index (Phi) is 3.71. The lowest BCUT2D eigenvalue weighted by atomic mass is 10.0. The van der Waals surface area contributed by atoms with Crippen molar-refractivity contribution in [1.29, 1.82) is 5.26 Å². The summed E-state index contributed by atoms with van der Waals surface area (Å²) in [4.78, 5) is 2.26. The third-order valence-corrected chi connectivity index (χ3v) is 3.15. The summed E-state index contributed by atoms with van der Waals surface area (Å²) in [5, 5.41) is 17.6. The van der Waals surface area contributed by atoms with E-state index in [9.17, 15) is 0 Å². The summed E-state index contributed by atoms with van der Waals surface area (Å²) in [5.74, 6) is 0.635. The molecule has 3 nitrogen and oxygen atoms in total. The molecule has 0 amide bonds. The molecular weight excluding hydrogens is 164 g/mol. The minimum absolute atomic E-state index is 0.222. The van der Waals surface area contributed by atoms with E-state index in [2.05, 4.69) is 24.8 Å². The van der Waals surface area contributed by atoms with E-state index in [-0.39, 0.29) is 12.6 Å². The van der Waals surface area contributed by atoms with Crippen LogP contribution in [0, 0.1) is 17.2 Å². The molecule has 3 heteroatoms. The highest BCUT2D eigenvalue weighted by molar-refractivity contribution is 4.90. The number of hydrogen-bond acceptors (Lipinski definition) is 3. The maximum atomic E-state index is 9.15. The summed E-state index contributed by atoms with van der Waals surface area (Å²) in [6, 6.07) is 2.93. The van der Waals surface area contributed by atoms with Gasteiger partial charge in [-0.3, -0.25) is 4.90 Å². The Morgan fingerprint density at radius 2 is 2.23 bits per heavy atom. The van der Waals surface area contributed by atoms with Crippen LogP contribution in [0.3, 0.4) is 0 Å². The smallest absolute Gasteiger partial charge is 0.0635 e. The van der Waals surface area contributed by atoms with Crippen LogP contribution in [0.2, 0.25) is 0 Å². The van der Waals surface area contributed by atoms with Crippen molar-refractivity contribution in [3.8, 4) is 6.07 Å². The van der Waals surface area contributed by atoms with E-state index in [4.69, 9.17) is 10.4 Å². The highest BCUT2D eigenvalue weighted by Gasteiger charge is 2.34. The minimum Gasteiger partial charge on any atom is -0.395 e. The van der Waals surface area contributed by atoms with Crippen molar-refractivity contribution < 1.29 is 5.11 Å². The van der Waals surface area contributed by atoms with Gasteiger partial charge >= 0.3 is 0 Å². The fourth-order valence-corrected chi connectivity index (χ4v) is 2.17. The molecule has 1 N–H and O–H groups in total. The Bertz CT molecular complexity index is 200. The first kappa shape index (κ1) is 10.5. The van der Waals surface area contributed by atoms with Crippen molar-refractivity contribution in [3.63, 3.8) is 0 Å². The van der Waals surface area contributed by atoms with Gasteiger partial charge in [0.05, 0.1) is 12.7 Å². The maximum Gasteiger partial charge on any atom is 0.0635 e.